The second kappa shape index (κ2) is 5.39. The van der Waals surface area contributed by atoms with E-state index in [-0.39, 0.29) is 6.54 Å². The van der Waals surface area contributed by atoms with E-state index in [0.717, 1.165) is 16.1 Å². The molecule has 0 aromatic heterocycles. The van der Waals surface area contributed by atoms with Gasteiger partial charge in [0.1, 0.15) is 6.04 Å². The molecule has 9 heteroatoms. The summed E-state index contributed by atoms with van der Waals surface area (Å²) in [5.74, 6) is -1.32. The van der Waals surface area contributed by atoms with Gasteiger partial charge in [0, 0.05) is 12.8 Å². The van der Waals surface area contributed by atoms with Crippen LogP contribution in [0.2, 0.25) is 0 Å². The Morgan fingerprint density at radius 2 is 1.90 bits per heavy atom. The molecule has 1 heterocycles. The van der Waals surface area contributed by atoms with Gasteiger partial charge < -0.3 is 5.11 Å². The first-order valence-corrected chi connectivity index (χ1v) is 9.76. The van der Waals surface area contributed by atoms with Crippen LogP contribution < -0.4 is 0 Å². The van der Waals surface area contributed by atoms with Gasteiger partial charge in [0.15, 0.2) is 14.9 Å². The molecule has 1 aromatic rings. The number of hydrogen-bond donors (Lipinski definition) is 1. The highest BCUT2D eigenvalue weighted by molar-refractivity contribution is 8.06. The molecule has 116 valence electrons. The third-order valence-electron chi connectivity index (χ3n) is 3.19. The second-order valence-electron chi connectivity index (χ2n) is 4.96. The molecular formula is C12H15NO6S2. The van der Waals surface area contributed by atoms with Crippen LogP contribution in [0.25, 0.3) is 0 Å². The molecular weight excluding hydrogens is 318 g/mol. The van der Waals surface area contributed by atoms with Crippen molar-refractivity contribution in [2.24, 2.45) is 0 Å². The minimum absolute atomic E-state index is 0.0498. The quantitative estimate of drug-likeness (QED) is 0.831. The average molecular weight is 333 g/mol. The summed E-state index contributed by atoms with van der Waals surface area (Å²) in [6, 6.07) is 5.28. The van der Waals surface area contributed by atoms with Gasteiger partial charge in [-0.05, 0) is 17.5 Å². The summed E-state index contributed by atoms with van der Waals surface area (Å²) >= 11 is 0. The molecule has 1 N–H and O–H groups in total. The van der Waals surface area contributed by atoms with Crippen LogP contribution in [0.15, 0.2) is 24.3 Å². The van der Waals surface area contributed by atoms with Gasteiger partial charge in [0.2, 0.25) is 10.0 Å². The number of carbonyl (C=O) groups is 1. The highest BCUT2D eigenvalue weighted by Crippen LogP contribution is 2.32. The van der Waals surface area contributed by atoms with Crippen LogP contribution in [-0.4, -0.2) is 50.1 Å². The third kappa shape index (κ3) is 3.42. The first-order chi connectivity index (χ1) is 9.62. The van der Waals surface area contributed by atoms with E-state index in [0.29, 0.717) is 12.0 Å². The minimum Gasteiger partial charge on any atom is -0.480 e. The Kier molecular flexibility index (Phi) is 4.09. The number of aliphatic carboxylic acids is 1. The van der Waals surface area contributed by atoms with Crippen molar-refractivity contribution in [3.8, 4) is 0 Å². The van der Waals surface area contributed by atoms with Crippen LogP contribution in [0.3, 0.4) is 0 Å². The summed E-state index contributed by atoms with van der Waals surface area (Å²) < 4.78 is 47.7. The zero-order valence-corrected chi connectivity index (χ0v) is 12.9. The number of carboxylic acids is 1. The Bertz CT molecular complexity index is 769. The first-order valence-electron chi connectivity index (χ1n) is 6.10. The van der Waals surface area contributed by atoms with E-state index in [4.69, 9.17) is 0 Å². The summed E-state index contributed by atoms with van der Waals surface area (Å²) in [6.07, 6.45) is 1.15. The predicted octanol–water partition coefficient (Wildman–Crippen LogP) is 0.00230. The lowest BCUT2D eigenvalue weighted by Gasteiger charge is -2.33. The fraction of sp³-hybridized carbons (Fsp3) is 0.417. The van der Waals surface area contributed by atoms with Gasteiger partial charge in [-0.1, -0.05) is 24.3 Å². The van der Waals surface area contributed by atoms with E-state index >= 15 is 0 Å². The topological polar surface area (TPSA) is 109 Å². The Hall–Kier alpha value is -1.45. The lowest BCUT2D eigenvalue weighted by Crippen LogP contribution is -2.45. The van der Waals surface area contributed by atoms with E-state index < -0.39 is 37.0 Å². The van der Waals surface area contributed by atoms with Crippen LogP contribution in [0, 0.1) is 0 Å². The molecule has 0 radical (unpaired) electrons. The van der Waals surface area contributed by atoms with Crippen molar-refractivity contribution < 1.29 is 26.7 Å². The molecule has 0 saturated carbocycles. The number of sulfonamides is 1. The lowest BCUT2D eigenvalue weighted by molar-refractivity contribution is -0.142. The number of carboxylic acid groups (broad SMARTS) is 1. The maximum Gasteiger partial charge on any atom is 0.326 e. The van der Waals surface area contributed by atoms with Crippen molar-refractivity contribution >= 4 is 25.8 Å². The molecule has 7 nitrogen and oxygen atoms in total. The van der Waals surface area contributed by atoms with Gasteiger partial charge >= 0.3 is 5.97 Å². The summed E-state index contributed by atoms with van der Waals surface area (Å²) in [5, 5.41) is 8.27. The first kappa shape index (κ1) is 15.9. The second-order valence-corrected chi connectivity index (χ2v) is 9.38. The normalized spacial score (nSPS) is 20.0. The van der Waals surface area contributed by atoms with Crippen molar-refractivity contribution in [1.29, 1.82) is 0 Å². The molecule has 1 unspecified atom stereocenters. The summed E-state index contributed by atoms with van der Waals surface area (Å²) in [7, 11) is -7.99. The van der Waals surface area contributed by atoms with Crippen LogP contribution >= 0.6 is 0 Å². The smallest absolute Gasteiger partial charge is 0.326 e. The zero-order valence-electron chi connectivity index (χ0n) is 11.3. The van der Waals surface area contributed by atoms with Gasteiger partial charge in [-0.15, -0.1) is 0 Å². The highest BCUT2D eigenvalue weighted by Gasteiger charge is 2.40. The zero-order chi connectivity index (χ0) is 15.8. The molecule has 21 heavy (non-hydrogen) atoms. The molecule has 1 aromatic carbocycles. The minimum atomic E-state index is -4.21. The summed E-state index contributed by atoms with van der Waals surface area (Å²) in [4.78, 5) is 11.5. The van der Waals surface area contributed by atoms with Crippen LogP contribution in [0.4, 0.5) is 0 Å². The maximum absolute atomic E-state index is 12.2. The molecule has 2 rings (SSSR count). The number of sulfone groups is 1. The Labute approximate surface area is 123 Å². The molecule has 0 spiro atoms. The van der Waals surface area contributed by atoms with E-state index in [1.807, 2.05) is 0 Å². The van der Waals surface area contributed by atoms with Gasteiger partial charge in [-0.3, -0.25) is 4.79 Å². The number of benzene rings is 1. The van der Waals surface area contributed by atoms with Gasteiger partial charge in [0.25, 0.3) is 0 Å². The Morgan fingerprint density at radius 1 is 1.29 bits per heavy atom. The fourth-order valence-electron chi connectivity index (χ4n) is 2.44. The lowest BCUT2D eigenvalue weighted by atomic mass is 9.94. The van der Waals surface area contributed by atoms with Crippen LogP contribution in [0.5, 0.6) is 0 Å². The van der Waals surface area contributed by atoms with E-state index in [1.54, 1.807) is 24.3 Å². The molecule has 0 aliphatic carbocycles. The molecule has 0 amide bonds. The van der Waals surface area contributed by atoms with Crippen molar-refractivity contribution in [2.45, 2.75) is 12.5 Å². The number of nitrogens with zero attached hydrogens (tertiary/aromatic N) is 1. The van der Waals surface area contributed by atoms with Crippen molar-refractivity contribution in [3.63, 3.8) is 0 Å². The largest absolute Gasteiger partial charge is 0.480 e. The van der Waals surface area contributed by atoms with Crippen molar-refractivity contribution in [1.82, 2.24) is 4.31 Å². The summed E-state index contributed by atoms with van der Waals surface area (Å²) in [5.41, 5.74) is 1.14. The van der Waals surface area contributed by atoms with Crippen LogP contribution in [-0.2, 0) is 31.1 Å². The van der Waals surface area contributed by atoms with Gasteiger partial charge in [-0.25, -0.2) is 16.8 Å². The summed E-state index contributed by atoms with van der Waals surface area (Å²) in [6.45, 7) is -0.0498. The maximum atomic E-state index is 12.2. The standard InChI is InChI=1S/C12H15NO6S2/c1-20(16,17)8-21(18,19)13-7-6-9-4-2-3-5-10(9)11(13)12(14)15/h2-5,11H,6-8H2,1H3,(H,14,15). The molecule has 0 saturated heterocycles. The highest BCUT2D eigenvalue weighted by atomic mass is 32.3. The SMILES string of the molecule is CS(=O)(=O)CS(=O)(=O)N1CCc2ccccc2C1C(=O)O. The van der Waals surface area contributed by atoms with Gasteiger partial charge in [-0.2, -0.15) is 4.31 Å². The van der Waals surface area contributed by atoms with Crippen molar-refractivity contribution in [3.05, 3.63) is 35.4 Å². The molecule has 1 aliphatic rings. The third-order valence-corrected chi connectivity index (χ3v) is 7.21. The molecule has 0 bridgehead atoms. The monoisotopic (exact) mass is 333 g/mol. The average Bonchev–Trinajstić information content (AvgIpc) is 2.34. The fourth-order valence-corrected chi connectivity index (χ4v) is 6.04. The van der Waals surface area contributed by atoms with Gasteiger partial charge in [0.05, 0.1) is 0 Å². The number of hydrogen-bond acceptors (Lipinski definition) is 5. The Morgan fingerprint density at radius 3 is 2.48 bits per heavy atom. The molecule has 0 fully saturated rings. The number of rotatable bonds is 4. The molecule has 1 aliphatic heterocycles. The predicted molar refractivity (Wildman–Crippen MR) is 75.9 cm³/mol. The van der Waals surface area contributed by atoms with Crippen LogP contribution in [0.1, 0.15) is 17.2 Å². The van der Waals surface area contributed by atoms with E-state index in [2.05, 4.69) is 0 Å². The Balaban J connectivity index is 2.49. The van der Waals surface area contributed by atoms with E-state index in [9.17, 15) is 26.7 Å². The number of fused-ring (bicyclic) bond motifs is 1. The van der Waals surface area contributed by atoms with E-state index in [1.165, 1.54) is 0 Å². The van der Waals surface area contributed by atoms with Crippen molar-refractivity contribution in [2.75, 3.05) is 17.9 Å². The molecule has 1 atom stereocenters.